The second-order valence-corrected chi connectivity index (χ2v) is 7.97. The van der Waals surface area contributed by atoms with E-state index in [1.165, 1.54) is 17.5 Å². The van der Waals surface area contributed by atoms with Crippen LogP contribution in [0.4, 0.5) is 0 Å². The van der Waals surface area contributed by atoms with Crippen LogP contribution in [0, 0.1) is 23.2 Å². The molecule has 1 aromatic carbocycles. The summed E-state index contributed by atoms with van der Waals surface area (Å²) >= 11 is 0. The third kappa shape index (κ3) is 1.82. The number of Topliss-reactive ketones (excluding diaryl/α,β-unsaturated/α-hetero) is 1. The van der Waals surface area contributed by atoms with Gasteiger partial charge in [0.05, 0.1) is 0 Å². The first-order chi connectivity index (χ1) is 10.5. The van der Waals surface area contributed by atoms with Crippen LogP contribution in [-0.4, -0.2) is 10.9 Å². The lowest BCUT2D eigenvalue weighted by molar-refractivity contribution is -0.129. The first kappa shape index (κ1) is 14.3. The lowest BCUT2D eigenvalue weighted by Gasteiger charge is -2.49. The maximum atomic E-state index is 12.6. The number of aryl methyl sites for hydroxylation is 1. The Morgan fingerprint density at radius 1 is 1.32 bits per heavy atom. The van der Waals surface area contributed by atoms with Crippen LogP contribution < -0.4 is 0 Å². The molecule has 0 aliphatic heterocycles. The third-order valence-electron chi connectivity index (χ3n) is 7.08. The molecule has 2 heteroatoms. The number of phenols is 1. The molecule has 22 heavy (non-hydrogen) atoms. The van der Waals surface area contributed by atoms with Crippen molar-refractivity contribution >= 4 is 5.78 Å². The summed E-state index contributed by atoms with van der Waals surface area (Å²) in [6, 6.07) is 5.93. The Balaban J connectivity index is 1.74. The van der Waals surface area contributed by atoms with Gasteiger partial charge in [0.15, 0.2) is 0 Å². The molecule has 1 aromatic rings. The molecule has 2 fully saturated rings. The Hall–Kier alpha value is -1.31. The SMILES string of the molecule is CC[C@H]1CC(=O)C2(C)CCC3c4ccc(O)cc4CCC3C12. The predicted molar refractivity (Wildman–Crippen MR) is 86.9 cm³/mol. The molecule has 0 amide bonds. The lowest BCUT2D eigenvalue weighted by Crippen LogP contribution is -2.44. The van der Waals surface area contributed by atoms with Crippen molar-refractivity contribution in [3.63, 3.8) is 0 Å². The topological polar surface area (TPSA) is 37.3 Å². The van der Waals surface area contributed by atoms with Crippen LogP contribution in [0.15, 0.2) is 18.2 Å². The second-order valence-electron chi connectivity index (χ2n) is 7.97. The highest BCUT2D eigenvalue weighted by Crippen LogP contribution is 2.61. The molecule has 0 bridgehead atoms. The third-order valence-corrected chi connectivity index (χ3v) is 7.08. The number of rotatable bonds is 1. The van der Waals surface area contributed by atoms with Crippen LogP contribution in [0.3, 0.4) is 0 Å². The Morgan fingerprint density at radius 3 is 2.91 bits per heavy atom. The van der Waals surface area contributed by atoms with Gasteiger partial charge in [-0.25, -0.2) is 0 Å². The Bertz CT molecular complexity index is 620. The molecule has 118 valence electrons. The molecule has 4 unspecified atom stereocenters. The van der Waals surface area contributed by atoms with Crippen molar-refractivity contribution in [2.24, 2.45) is 23.2 Å². The van der Waals surface area contributed by atoms with Crippen LogP contribution in [0.2, 0.25) is 0 Å². The molecule has 3 aliphatic rings. The van der Waals surface area contributed by atoms with Crippen LogP contribution in [0.1, 0.15) is 63.0 Å². The minimum atomic E-state index is -0.0593. The van der Waals surface area contributed by atoms with Crippen LogP contribution >= 0.6 is 0 Å². The maximum Gasteiger partial charge on any atom is 0.139 e. The number of carbonyl (C=O) groups excluding carboxylic acids is 1. The molecule has 1 N–H and O–H groups in total. The van der Waals surface area contributed by atoms with E-state index < -0.39 is 0 Å². The van der Waals surface area contributed by atoms with Gasteiger partial charge in [-0.05, 0) is 72.6 Å². The number of ketones is 1. The van der Waals surface area contributed by atoms with Gasteiger partial charge in [-0.15, -0.1) is 0 Å². The zero-order valence-electron chi connectivity index (χ0n) is 13.6. The average Bonchev–Trinajstić information content (AvgIpc) is 2.78. The van der Waals surface area contributed by atoms with Gasteiger partial charge < -0.3 is 5.11 Å². The van der Waals surface area contributed by atoms with E-state index in [9.17, 15) is 9.90 Å². The molecular formula is C20H26O2. The fourth-order valence-corrected chi connectivity index (χ4v) is 6.01. The van der Waals surface area contributed by atoms with Crippen molar-refractivity contribution in [1.29, 1.82) is 0 Å². The molecule has 3 aliphatic carbocycles. The summed E-state index contributed by atoms with van der Waals surface area (Å²) in [5.41, 5.74) is 2.73. The summed E-state index contributed by atoms with van der Waals surface area (Å²) in [4.78, 5) is 12.6. The highest BCUT2D eigenvalue weighted by Gasteiger charge is 2.57. The molecule has 0 aromatic heterocycles. The minimum Gasteiger partial charge on any atom is -0.508 e. The highest BCUT2D eigenvalue weighted by atomic mass is 16.3. The van der Waals surface area contributed by atoms with Crippen molar-refractivity contribution in [3.8, 4) is 5.75 Å². The van der Waals surface area contributed by atoms with E-state index in [4.69, 9.17) is 0 Å². The summed E-state index contributed by atoms with van der Waals surface area (Å²) in [5.74, 6) is 3.34. The van der Waals surface area contributed by atoms with E-state index in [1.54, 1.807) is 0 Å². The minimum absolute atomic E-state index is 0.0593. The van der Waals surface area contributed by atoms with E-state index in [-0.39, 0.29) is 5.41 Å². The van der Waals surface area contributed by atoms with Crippen molar-refractivity contribution in [2.75, 3.05) is 0 Å². The predicted octanol–water partition coefficient (Wildman–Crippen LogP) is 4.45. The van der Waals surface area contributed by atoms with Gasteiger partial charge in [0, 0.05) is 11.8 Å². The monoisotopic (exact) mass is 298 g/mol. The van der Waals surface area contributed by atoms with E-state index >= 15 is 0 Å². The van der Waals surface area contributed by atoms with Gasteiger partial charge in [0.1, 0.15) is 11.5 Å². The van der Waals surface area contributed by atoms with Gasteiger partial charge in [0.2, 0.25) is 0 Å². The first-order valence-corrected chi connectivity index (χ1v) is 8.89. The zero-order chi connectivity index (χ0) is 15.5. The van der Waals surface area contributed by atoms with Gasteiger partial charge in [-0.1, -0.05) is 26.3 Å². The summed E-state index contributed by atoms with van der Waals surface area (Å²) in [6.07, 6.45) is 6.38. The van der Waals surface area contributed by atoms with Crippen LogP contribution in [0.5, 0.6) is 5.75 Å². The van der Waals surface area contributed by atoms with Crippen LogP contribution in [-0.2, 0) is 11.2 Å². The fourth-order valence-electron chi connectivity index (χ4n) is 6.01. The molecule has 2 saturated carbocycles. The van der Waals surface area contributed by atoms with Crippen molar-refractivity contribution < 1.29 is 9.90 Å². The first-order valence-electron chi connectivity index (χ1n) is 8.89. The van der Waals surface area contributed by atoms with E-state index in [2.05, 4.69) is 19.9 Å². The van der Waals surface area contributed by atoms with Gasteiger partial charge in [-0.3, -0.25) is 4.79 Å². The number of hydrogen-bond acceptors (Lipinski definition) is 2. The summed E-state index contributed by atoms with van der Waals surface area (Å²) < 4.78 is 0. The van der Waals surface area contributed by atoms with Crippen molar-refractivity contribution in [2.45, 2.75) is 58.3 Å². The Labute approximate surface area is 132 Å². The van der Waals surface area contributed by atoms with Gasteiger partial charge in [-0.2, -0.15) is 0 Å². The van der Waals surface area contributed by atoms with E-state index in [0.717, 1.165) is 32.1 Å². The Morgan fingerprint density at radius 2 is 2.14 bits per heavy atom. The molecule has 0 radical (unpaired) electrons. The van der Waals surface area contributed by atoms with Crippen LogP contribution in [0.25, 0.3) is 0 Å². The number of hydrogen-bond donors (Lipinski definition) is 1. The van der Waals surface area contributed by atoms with Crippen molar-refractivity contribution in [3.05, 3.63) is 29.3 Å². The summed E-state index contributed by atoms with van der Waals surface area (Å²) in [5, 5.41) is 9.75. The molecular weight excluding hydrogens is 272 g/mol. The molecule has 2 nitrogen and oxygen atoms in total. The number of benzene rings is 1. The summed E-state index contributed by atoms with van der Waals surface area (Å²) in [6.45, 7) is 4.50. The number of carbonyl (C=O) groups is 1. The standard InChI is InChI=1S/C20H26O2/c1-3-12-11-18(22)20(2)9-8-16-15-7-5-14(21)10-13(15)4-6-17(16)19(12)20/h5,7,10,12,16-17,19,21H,3-4,6,8-9,11H2,1-2H3/t12-,16?,17?,19?,20?/m0/s1. The quantitative estimate of drug-likeness (QED) is 0.831. The number of aromatic hydroxyl groups is 1. The highest BCUT2D eigenvalue weighted by molar-refractivity contribution is 5.87. The zero-order valence-corrected chi connectivity index (χ0v) is 13.6. The smallest absolute Gasteiger partial charge is 0.139 e. The molecule has 0 spiro atoms. The molecule has 0 heterocycles. The molecule has 5 atom stereocenters. The van der Waals surface area contributed by atoms with Gasteiger partial charge in [0.25, 0.3) is 0 Å². The lowest BCUT2D eigenvalue weighted by atomic mass is 9.54. The van der Waals surface area contributed by atoms with E-state index in [1.807, 2.05) is 12.1 Å². The largest absolute Gasteiger partial charge is 0.508 e. The summed E-state index contributed by atoms with van der Waals surface area (Å²) in [7, 11) is 0. The Kier molecular flexibility index (Phi) is 3.15. The number of fused-ring (bicyclic) bond motifs is 5. The second kappa shape index (κ2) is 4.84. The maximum absolute atomic E-state index is 12.6. The fraction of sp³-hybridized carbons (Fsp3) is 0.650. The number of phenolic OH excluding ortho intramolecular Hbond substituents is 1. The van der Waals surface area contributed by atoms with Crippen molar-refractivity contribution in [1.82, 2.24) is 0 Å². The normalized spacial score (nSPS) is 40.0. The van der Waals surface area contributed by atoms with Gasteiger partial charge >= 0.3 is 0 Å². The van der Waals surface area contributed by atoms with E-state index in [0.29, 0.717) is 35.2 Å². The molecule has 0 saturated heterocycles. The average molecular weight is 298 g/mol. The molecule has 4 rings (SSSR count).